The van der Waals surface area contributed by atoms with E-state index in [4.69, 9.17) is 9.47 Å². The highest BCUT2D eigenvalue weighted by molar-refractivity contribution is 5.97. The number of ether oxygens (including phenoxy) is 2. The molecule has 48 heavy (non-hydrogen) atoms. The summed E-state index contributed by atoms with van der Waals surface area (Å²) >= 11 is 0. The fraction of sp³-hybridized carbons (Fsp3) is 0.0870. The average molecular weight is 619 g/mol. The van der Waals surface area contributed by atoms with Crippen LogP contribution in [0.15, 0.2) is 158 Å². The minimum Gasteiger partial charge on any atom is -0.496 e. The van der Waals surface area contributed by atoms with Crippen molar-refractivity contribution in [1.82, 2.24) is 0 Å². The molecule has 0 fully saturated rings. The van der Waals surface area contributed by atoms with Gasteiger partial charge in [0.05, 0.1) is 14.2 Å². The van der Waals surface area contributed by atoms with Crippen molar-refractivity contribution in [3.8, 4) is 56.0 Å². The molecule has 0 saturated carbocycles. The van der Waals surface area contributed by atoms with Crippen molar-refractivity contribution in [3.05, 3.63) is 191 Å². The molecular formula is C46H34O2. The van der Waals surface area contributed by atoms with Crippen LogP contribution in [0.1, 0.15) is 45.2 Å². The Morgan fingerprint density at radius 2 is 0.583 bits per heavy atom. The summed E-state index contributed by atoms with van der Waals surface area (Å²) in [5.74, 6) is 1.91. The summed E-state index contributed by atoms with van der Waals surface area (Å²) in [4.78, 5) is 0. The van der Waals surface area contributed by atoms with Gasteiger partial charge in [-0.1, -0.05) is 158 Å². The molecule has 230 valence electrons. The van der Waals surface area contributed by atoms with E-state index in [1.807, 2.05) is 14.2 Å². The van der Waals surface area contributed by atoms with Gasteiger partial charge in [0.15, 0.2) is 0 Å². The molecule has 2 bridgehead atoms. The van der Waals surface area contributed by atoms with Gasteiger partial charge in [0.25, 0.3) is 0 Å². The molecule has 0 N–H and O–H groups in total. The normalized spacial score (nSPS) is 15.3. The third-order valence-corrected chi connectivity index (χ3v) is 10.3. The van der Waals surface area contributed by atoms with Crippen molar-refractivity contribution in [2.24, 2.45) is 0 Å². The first-order valence-corrected chi connectivity index (χ1v) is 16.6. The standard InChI is InChI=1S/C46H34O2/c1-47-45-39(33-25-21-31(22-26-33)29-13-5-3-6-14-29)40(34-27-23-32(24-28-34)30-15-7-4-8-16-30)46(48-2)44-42-37-19-11-9-17-35(37)41(43(44)45)36-18-10-12-20-38(36)42/h3-28,41-42H,1-2H3. The Kier molecular flexibility index (Phi) is 6.76. The summed E-state index contributed by atoms with van der Waals surface area (Å²) < 4.78 is 13.2. The number of benzene rings is 7. The Morgan fingerprint density at radius 3 is 0.896 bits per heavy atom. The SMILES string of the molecule is COc1c(-c2ccc(-c3ccccc3)cc2)c(-c2ccc(-c3ccccc3)cc2)c(OC)c2c1C1c3ccccc3C2c2ccccc21. The Labute approximate surface area is 281 Å². The molecule has 3 aliphatic rings. The van der Waals surface area contributed by atoms with Crippen LogP contribution in [0.25, 0.3) is 44.5 Å². The second kappa shape index (κ2) is 11.4. The Bertz CT molecular complexity index is 2070. The van der Waals surface area contributed by atoms with Crippen molar-refractivity contribution in [2.45, 2.75) is 11.8 Å². The van der Waals surface area contributed by atoms with Gasteiger partial charge in [0.2, 0.25) is 0 Å². The zero-order chi connectivity index (χ0) is 32.2. The highest BCUT2D eigenvalue weighted by Gasteiger charge is 2.46. The molecule has 0 unspecified atom stereocenters. The van der Waals surface area contributed by atoms with Crippen molar-refractivity contribution >= 4 is 0 Å². The van der Waals surface area contributed by atoms with Crippen molar-refractivity contribution < 1.29 is 9.47 Å². The summed E-state index contributed by atoms with van der Waals surface area (Å²) in [6.45, 7) is 0. The van der Waals surface area contributed by atoms with Crippen LogP contribution >= 0.6 is 0 Å². The second-order valence-electron chi connectivity index (χ2n) is 12.7. The predicted molar refractivity (Wildman–Crippen MR) is 196 cm³/mol. The second-order valence-corrected chi connectivity index (χ2v) is 12.7. The van der Waals surface area contributed by atoms with E-state index in [0.29, 0.717) is 0 Å². The fourth-order valence-electron chi connectivity index (χ4n) is 8.24. The molecule has 0 aromatic heterocycles. The Hall–Kier alpha value is -5.86. The highest BCUT2D eigenvalue weighted by atomic mass is 16.5. The lowest BCUT2D eigenvalue weighted by atomic mass is 9.59. The average Bonchev–Trinajstić information content (AvgIpc) is 3.17. The quantitative estimate of drug-likeness (QED) is 0.185. The third-order valence-electron chi connectivity index (χ3n) is 10.3. The van der Waals surface area contributed by atoms with E-state index in [1.54, 1.807) is 0 Å². The molecule has 10 rings (SSSR count). The van der Waals surface area contributed by atoms with Crippen LogP contribution in [-0.2, 0) is 0 Å². The van der Waals surface area contributed by atoms with Gasteiger partial charge in [-0.25, -0.2) is 0 Å². The van der Waals surface area contributed by atoms with Crippen LogP contribution in [-0.4, -0.2) is 14.2 Å². The molecule has 0 heterocycles. The molecule has 3 aliphatic carbocycles. The molecule has 7 aromatic carbocycles. The zero-order valence-electron chi connectivity index (χ0n) is 27.0. The van der Waals surface area contributed by atoms with E-state index < -0.39 is 0 Å². The van der Waals surface area contributed by atoms with Crippen LogP contribution in [0.4, 0.5) is 0 Å². The molecule has 7 aromatic rings. The van der Waals surface area contributed by atoms with Gasteiger partial charge in [0, 0.05) is 34.1 Å². The minimum absolute atomic E-state index is 0.0399. The van der Waals surface area contributed by atoms with Gasteiger partial charge in [-0.3, -0.25) is 0 Å². The Morgan fingerprint density at radius 1 is 0.312 bits per heavy atom. The van der Waals surface area contributed by atoms with Gasteiger partial charge in [0.1, 0.15) is 11.5 Å². The van der Waals surface area contributed by atoms with Crippen LogP contribution in [0.2, 0.25) is 0 Å². The fourth-order valence-corrected chi connectivity index (χ4v) is 8.24. The van der Waals surface area contributed by atoms with E-state index >= 15 is 0 Å². The van der Waals surface area contributed by atoms with Crippen LogP contribution in [0.5, 0.6) is 11.5 Å². The monoisotopic (exact) mass is 618 g/mol. The van der Waals surface area contributed by atoms with E-state index in [2.05, 4.69) is 158 Å². The smallest absolute Gasteiger partial charge is 0.132 e. The predicted octanol–water partition coefficient (Wildman–Crippen LogP) is 11.4. The van der Waals surface area contributed by atoms with Crippen LogP contribution in [0, 0.1) is 0 Å². The first kappa shape index (κ1) is 28.4. The molecule has 0 atom stereocenters. The van der Waals surface area contributed by atoms with Crippen molar-refractivity contribution in [3.63, 3.8) is 0 Å². The number of methoxy groups -OCH3 is 2. The molecular weight excluding hydrogens is 585 g/mol. The maximum absolute atomic E-state index is 6.59. The lowest BCUT2D eigenvalue weighted by molar-refractivity contribution is 0.392. The van der Waals surface area contributed by atoms with E-state index in [9.17, 15) is 0 Å². The molecule has 0 spiro atoms. The number of hydrogen-bond donors (Lipinski definition) is 0. The molecule has 2 nitrogen and oxygen atoms in total. The molecule has 2 heteroatoms. The summed E-state index contributed by atoms with van der Waals surface area (Å²) in [7, 11) is 3.65. The van der Waals surface area contributed by atoms with Gasteiger partial charge in [-0.2, -0.15) is 0 Å². The Balaban J connectivity index is 1.34. The largest absolute Gasteiger partial charge is 0.496 e. The lowest BCUT2D eigenvalue weighted by Crippen LogP contribution is -2.29. The molecule has 0 saturated heterocycles. The number of hydrogen-bond acceptors (Lipinski definition) is 2. The summed E-state index contributed by atoms with van der Waals surface area (Å²) in [5.41, 5.74) is 16.9. The van der Waals surface area contributed by atoms with E-state index in [0.717, 1.165) is 33.8 Å². The summed E-state index contributed by atoms with van der Waals surface area (Å²) in [5, 5.41) is 0. The van der Waals surface area contributed by atoms with Gasteiger partial charge in [-0.05, 0) is 55.6 Å². The summed E-state index contributed by atoms with van der Waals surface area (Å²) in [6, 6.07) is 56.7. The maximum Gasteiger partial charge on any atom is 0.132 e. The number of rotatable bonds is 6. The van der Waals surface area contributed by atoms with Gasteiger partial charge >= 0.3 is 0 Å². The van der Waals surface area contributed by atoms with Crippen LogP contribution in [0.3, 0.4) is 0 Å². The zero-order valence-corrected chi connectivity index (χ0v) is 27.0. The van der Waals surface area contributed by atoms with Gasteiger partial charge in [-0.15, -0.1) is 0 Å². The molecule has 0 aliphatic heterocycles. The highest BCUT2D eigenvalue weighted by Crippen LogP contribution is 2.64. The maximum atomic E-state index is 6.59. The molecule has 0 radical (unpaired) electrons. The van der Waals surface area contributed by atoms with Crippen molar-refractivity contribution in [1.29, 1.82) is 0 Å². The third kappa shape index (κ3) is 4.26. The van der Waals surface area contributed by atoms with Crippen LogP contribution < -0.4 is 9.47 Å². The van der Waals surface area contributed by atoms with E-state index in [1.165, 1.54) is 55.6 Å². The summed E-state index contributed by atoms with van der Waals surface area (Å²) in [6.07, 6.45) is 0. The lowest BCUT2D eigenvalue weighted by Gasteiger charge is -2.44. The van der Waals surface area contributed by atoms with E-state index in [-0.39, 0.29) is 11.8 Å². The first-order valence-electron chi connectivity index (χ1n) is 16.6. The first-order chi connectivity index (χ1) is 23.8. The topological polar surface area (TPSA) is 18.5 Å². The van der Waals surface area contributed by atoms with Crippen molar-refractivity contribution in [2.75, 3.05) is 14.2 Å². The van der Waals surface area contributed by atoms with Gasteiger partial charge < -0.3 is 9.47 Å². The molecule has 0 amide bonds. The minimum atomic E-state index is 0.0399.